The quantitative estimate of drug-likeness (QED) is 0.331. The van der Waals surface area contributed by atoms with Gasteiger partial charge in [-0.25, -0.2) is 8.42 Å². The number of hydrogen-bond acceptors (Lipinski definition) is 8. The molecule has 2 unspecified atom stereocenters. The van der Waals surface area contributed by atoms with Gasteiger partial charge in [0.2, 0.25) is 10.0 Å². The summed E-state index contributed by atoms with van der Waals surface area (Å²) in [5, 5.41) is 12.2. The summed E-state index contributed by atoms with van der Waals surface area (Å²) < 4.78 is 38.7. The Hall–Kier alpha value is -2.24. The number of unbranched alkanes of at least 4 members (excludes halogenated alkanes) is 1. The van der Waals surface area contributed by atoms with E-state index in [2.05, 4.69) is 12.2 Å². The Morgan fingerprint density at radius 3 is 2.71 bits per heavy atom. The molecule has 9 nitrogen and oxygen atoms in total. The third kappa shape index (κ3) is 5.92. The van der Waals surface area contributed by atoms with E-state index in [0.717, 1.165) is 18.6 Å². The highest BCUT2D eigenvalue weighted by Crippen LogP contribution is 2.28. The van der Waals surface area contributed by atoms with Gasteiger partial charge < -0.3 is 19.7 Å². The number of carbonyl (C=O) groups excluding carboxylic acids is 1. The standard InChI is InChI=1S/C21H29N3O6S/c1-2-3-10-29-17-6-8-19(9-7-17)31(27,28)24-15-16(12-20(24)21(25)14-23-26)22-13-18-5-4-11-30-18/h4-9,11,16,20,22-23,26H,2-3,10,12-15H2,1H3. The Bertz CT molecular complexity index is 931. The number of nitrogens with one attached hydrogen (secondary N) is 2. The molecular formula is C21H29N3O6S. The van der Waals surface area contributed by atoms with E-state index in [9.17, 15) is 13.2 Å². The van der Waals surface area contributed by atoms with Gasteiger partial charge in [-0.3, -0.25) is 4.79 Å². The second kappa shape index (κ2) is 10.9. The van der Waals surface area contributed by atoms with Crippen LogP contribution in [0.25, 0.3) is 0 Å². The van der Waals surface area contributed by atoms with Gasteiger partial charge in [-0.1, -0.05) is 13.3 Å². The first-order chi connectivity index (χ1) is 15.0. The van der Waals surface area contributed by atoms with Crippen molar-refractivity contribution in [2.75, 3.05) is 19.7 Å². The van der Waals surface area contributed by atoms with Crippen LogP contribution in [0.15, 0.2) is 52.0 Å². The third-order valence-electron chi connectivity index (χ3n) is 5.22. The van der Waals surface area contributed by atoms with Gasteiger partial charge >= 0.3 is 0 Å². The number of ether oxygens (including phenoxy) is 1. The average molecular weight is 452 g/mol. The molecule has 0 bridgehead atoms. The van der Waals surface area contributed by atoms with Crippen LogP contribution in [0.3, 0.4) is 0 Å². The Labute approximate surface area is 182 Å². The highest BCUT2D eigenvalue weighted by atomic mass is 32.2. The van der Waals surface area contributed by atoms with Gasteiger partial charge in [0.05, 0.1) is 36.9 Å². The van der Waals surface area contributed by atoms with E-state index in [1.807, 2.05) is 11.5 Å². The minimum absolute atomic E-state index is 0.0942. The van der Waals surface area contributed by atoms with Crippen LogP contribution >= 0.6 is 0 Å². The molecule has 170 valence electrons. The average Bonchev–Trinajstić information content (AvgIpc) is 3.43. The van der Waals surface area contributed by atoms with Crippen molar-refractivity contribution in [3.05, 3.63) is 48.4 Å². The molecule has 0 amide bonds. The molecule has 1 fully saturated rings. The SMILES string of the molecule is CCCCOc1ccc(S(=O)(=O)N2CC(NCc3ccco3)CC2C(=O)CNO)cc1. The maximum atomic E-state index is 13.3. The molecule has 31 heavy (non-hydrogen) atoms. The first-order valence-corrected chi connectivity index (χ1v) is 11.8. The van der Waals surface area contributed by atoms with Crippen molar-refractivity contribution in [1.29, 1.82) is 0 Å². The number of Topliss-reactive ketones (excluding diaryl/α,β-unsaturated/α-hetero) is 1. The fourth-order valence-electron chi connectivity index (χ4n) is 3.54. The molecule has 3 N–H and O–H groups in total. The van der Waals surface area contributed by atoms with Crippen LogP contribution in [0.2, 0.25) is 0 Å². The van der Waals surface area contributed by atoms with Crippen LogP contribution in [-0.4, -0.2) is 55.5 Å². The maximum absolute atomic E-state index is 13.3. The third-order valence-corrected chi connectivity index (χ3v) is 7.11. The molecule has 1 aromatic carbocycles. The minimum atomic E-state index is -3.91. The van der Waals surface area contributed by atoms with E-state index >= 15 is 0 Å². The van der Waals surface area contributed by atoms with Crippen molar-refractivity contribution in [3.63, 3.8) is 0 Å². The summed E-state index contributed by atoms with van der Waals surface area (Å²) in [6.07, 6.45) is 3.80. The van der Waals surface area contributed by atoms with Crippen LogP contribution in [0.4, 0.5) is 0 Å². The topological polar surface area (TPSA) is 121 Å². The molecule has 10 heteroatoms. The first kappa shape index (κ1) is 23.4. The van der Waals surface area contributed by atoms with Crippen molar-refractivity contribution < 1.29 is 27.6 Å². The number of hydroxylamine groups is 1. The summed E-state index contributed by atoms with van der Waals surface area (Å²) in [4.78, 5) is 12.6. The number of carbonyl (C=O) groups is 1. The number of sulfonamides is 1. The number of ketones is 1. The lowest BCUT2D eigenvalue weighted by Crippen LogP contribution is -2.43. The van der Waals surface area contributed by atoms with Crippen LogP contribution in [0.5, 0.6) is 5.75 Å². The van der Waals surface area contributed by atoms with Crippen LogP contribution in [0, 0.1) is 0 Å². The molecule has 1 aromatic heterocycles. The second-order valence-corrected chi connectivity index (χ2v) is 9.35. The zero-order valence-corrected chi connectivity index (χ0v) is 18.3. The predicted molar refractivity (Wildman–Crippen MR) is 113 cm³/mol. The fourth-order valence-corrected chi connectivity index (χ4v) is 5.21. The maximum Gasteiger partial charge on any atom is 0.243 e. The van der Waals surface area contributed by atoms with Crippen molar-refractivity contribution in [2.45, 2.75) is 49.7 Å². The lowest BCUT2D eigenvalue weighted by molar-refractivity contribution is -0.122. The van der Waals surface area contributed by atoms with Crippen LogP contribution < -0.4 is 15.5 Å². The molecule has 0 aliphatic carbocycles. The van der Waals surface area contributed by atoms with E-state index in [-0.39, 0.29) is 24.0 Å². The molecule has 1 aliphatic rings. The number of furan rings is 1. The Morgan fingerprint density at radius 1 is 1.29 bits per heavy atom. The van der Waals surface area contributed by atoms with E-state index in [4.69, 9.17) is 14.4 Å². The molecule has 1 aliphatic heterocycles. The Balaban J connectivity index is 1.74. The van der Waals surface area contributed by atoms with Gasteiger partial charge in [-0.15, -0.1) is 0 Å². The molecule has 2 heterocycles. The Kier molecular flexibility index (Phi) is 8.22. The van der Waals surface area contributed by atoms with Crippen molar-refractivity contribution in [3.8, 4) is 5.75 Å². The van der Waals surface area contributed by atoms with E-state index in [0.29, 0.717) is 25.3 Å². The lowest BCUT2D eigenvalue weighted by atomic mass is 10.1. The van der Waals surface area contributed by atoms with E-state index in [1.165, 1.54) is 16.4 Å². The number of hydrogen-bond donors (Lipinski definition) is 3. The predicted octanol–water partition coefficient (Wildman–Crippen LogP) is 1.93. The Morgan fingerprint density at radius 2 is 2.06 bits per heavy atom. The zero-order valence-electron chi connectivity index (χ0n) is 17.5. The monoisotopic (exact) mass is 451 g/mol. The highest BCUT2D eigenvalue weighted by molar-refractivity contribution is 7.89. The molecule has 2 aromatic rings. The van der Waals surface area contributed by atoms with Gasteiger partial charge in [0.1, 0.15) is 11.5 Å². The number of nitrogens with zero attached hydrogens (tertiary/aromatic N) is 1. The van der Waals surface area contributed by atoms with Gasteiger partial charge in [0, 0.05) is 12.6 Å². The molecule has 1 saturated heterocycles. The minimum Gasteiger partial charge on any atom is -0.494 e. The first-order valence-electron chi connectivity index (χ1n) is 10.4. The van der Waals surface area contributed by atoms with Gasteiger partial charge in [-0.2, -0.15) is 9.79 Å². The number of rotatable bonds is 12. The largest absolute Gasteiger partial charge is 0.494 e. The number of benzene rings is 1. The highest BCUT2D eigenvalue weighted by Gasteiger charge is 2.43. The smallest absolute Gasteiger partial charge is 0.243 e. The normalized spacial score (nSPS) is 19.5. The van der Waals surface area contributed by atoms with Crippen LogP contribution in [-0.2, 0) is 21.4 Å². The lowest BCUT2D eigenvalue weighted by Gasteiger charge is -2.23. The van der Waals surface area contributed by atoms with Crippen molar-refractivity contribution in [1.82, 2.24) is 15.1 Å². The zero-order chi connectivity index (χ0) is 22.3. The molecule has 2 atom stereocenters. The van der Waals surface area contributed by atoms with Crippen molar-refractivity contribution in [2.24, 2.45) is 0 Å². The van der Waals surface area contributed by atoms with Crippen molar-refractivity contribution >= 4 is 15.8 Å². The van der Waals surface area contributed by atoms with E-state index in [1.54, 1.807) is 24.5 Å². The summed E-state index contributed by atoms with van der Waals surface area (Å²) in [6.45, 7) is 2.87. The molecule has 3 rings (SSSR count). The van der Waals surface area contributed by atoms with Gasteiger partial charge in [-0.05, 0) is 49.2 Å². The van der Waals surface area contributed by atoms with Gasteiger partial charge in [0.15, 0.2) is 5.78 Å². The summed E-state index contributed by atoms with van der Waals surface area (Å²) in [5.74, 6) is 0.927. The van der Waals surface area contributed by atoms with E-state index < -0.39 is 21.8 Å². The summed E-state index contributed by atoms with van der Waals surface area (Å²) in [5.41, 5.74) is 1.83. The van der Waals surface area contributed by atoms with Crippen LogP contribution in [0.1, 0.15) is 31.9 Å². The summed E-state index contributed by atoms with van der Waals surface area (Å²) >= 11 is 0. The molecule has 0 spiro atoms. The molecule has 0 radical (unpaired) electrons. The fraction of sp³-hybridized carbons (Fsp3) is 0.476. The van der Waals surface area contributed by atoms with Gasteiger partial charge in [0.25, 0.3) is 0 Å². The second-order valence-electron chi connectivity index (χ2n) is 7.46. The summed E-state index contributed by atoms with van der Waals surface area (Å²) in [7, 11) is -3.91. The summed E-state index contributed by atoms with van der Waals surface area (Å²) in [6, 6.07) is 8.71. The molecule has 0 saturated carbocycles. The molecular weight excluding hydrogens is 422 g/mol.